The normalized spacial score (nSPS) is 22.6. The van der Waals surface area contributed by atoms with E-state index in [1.54, 1.807) is 0 Å². The molecule has 0 aromatic carbocycles. The number of rotatable bonds is 3. The summed E-state index contributed by atoms with van der Waals surface area (Å²) in [6.07, 6.45) is 3.62. The highest BCUT2D eigenvalue weighted by atomic mass is 15.2. The number of nitrogens with zero attached hydrogens (tertiary/aromatic N) is 2. The molecule has 4 heteroatoms. The molecule has 0 spiro atoms. The predicted molar refractivity (Wildman–Crippen MR) is 62.0 cm³/mol. The van der Waals surface area contributed by atoms with Crippen LogP contribution in [-0.2, 0) is 0 Å². The van der Waals surface area contributed by atoms with Gasteiger partial charge in [-0.3, -0.25) is 4.98 Å². The zero-order valence-electron chi connectivity index (χ0n) is 9.11. The van der Waals surface area contributed by atoms with Gasteiger partial charge in [0, 0.05) is 50.3 Å². The van der Waals surface area contributed by atoms with E-state index in [4.69, 9.17) is 0 Å². The standard InChI is InChI=1S/C11H18N4/c1-15-7-6-13-11(9-15)8-14-10-2-4-12-5-3-10/h2-5,11,13H,6-9H2,1H3,(H,12,14). The summed E-state index contributed by atoms with van der Waals surface area (Å²) in [5, 5.41) is 6.91. The molecule has 1 aliphatic rings. The zero-order valence-corrected chi connectivity index (χ0v) is 9.11. The van der Waals surface area contributed by atoms with Crippen LogP contribution in [-0.4, -0.2) is 49.2 Å². The van der Waals surface area contributed by atoms with Crippen molar-refractivity contribution in [2.75, 3.05) is 38.5 Å². The second-order valence-electron chi connectivity index (χ2n) is 4.03. The fraction of sp³-hybridized carbons (Fsp3) is 0.545. The molecule has 1 aliphatic heterocycles. The van der Waals surface area contributed by atoms with Gasteiger partial charge in [-0.05, 0) is 19.2 Å². The maximum Gasteiger partial charge on any atom is 0.0371 e. The Morgan fingerprint density at radius 2 is 2.33 bits per heavy atom. The largest absolute Gasteiger partial charge is 0.383 e. The topological polar surface area (TPSA) is 40.2 Å². The van der Waals surface area contributed by atoms with Crippen molar-refractivity contribution in [1.29, 1.82) is 0 Å². The summed E-state index contributed by atoms with van der Waals surface area (Å²) < 4.78 is 0. The van der Waals surface area contributed by atoms with Crippen LogP contribution in [0.15, 0.2) is 24.5 Å². The zero-order chi connectivity index (χ0) is 10.5. The molecule has 1 aromatic heterocycles. The lowest BCUT2D eigenvalue weighted by Crippen LogP contribution is -2.51. The third-order valence-electron chi connectivity index (χ3n) is 2.69. The van der Waals surface area contributed by atoms with Crippen LogP contribution in [0.1, 0.15) is 0 Å². The molecule has 82 valence electrons. The number of piperazine rings is 1. The average Bonchev–Trinajstić information content (AvgIpc) is 2.28. The average molecular weight is 206 g/mol. The Morgan fingerprint density at radius 1 is 1.53 bits per heavy atom. The van der Waals surface area contributed by atoms with Gasteiger partial charge in [-0.1, -0.05) is 0 Å². The highest BCUT2D eigenvalue weighted by molar-refractivity contribution is 5.40. The third kappa shape index (κ3) is 3.18. The minimum absolute atomic E-state index is 0.539. The van der Waals surface area contributed by atoms with E-state index >= 15 is 0 Å². The number of nitrogens with one attached hydrogen (secondary N) is 2. The Balaban J connectivity index is 1.78. The lowest BCUT2D eigenvalue weighted by atomic mass is 10.2. The smallest absolute Gasteiger partial charge is 0.0371 e. The molecular formula is C11H18N4. The fourth-order valence-electron chi connectivity index (χ4n) is 1.84. The molecule has 4 nitrogen and oxygen atoms in total. The molecule has 2 N–H and O–H groups in total. The lowest BCUT2D eigenvalue weighted by Gasteiger charge is -2.31. The van der Waals surface area contributed by atoms with Crippen molar-refractivity contribution >= 4 is 5.69 Å². The molecule has 1 unspecified atom stereocenters. The van der Waals surface area contributed by atoms with E-state index in [9.17, 15) is 0 Å². The van der Waals surface area contributed by atoms with E-state index in [2.05, 4.69) is 27.6 Å². The molecule has 2 heterocycles. The van der Waals surface area contributed by atoms with Gasteiger partial charge in [0.2, 0.25) is 0 Å². The summed E-state index contributed by atoms with van der Waals surface area (Å²) in [5.74, 6) is 0. The van der Waals surface area contributed by atoms with Gasteiger partial charge in [0.15, 0.2) is 0 Å². The van der Waals surface area contributed by atoms with E-state index in [0.717, 1.165) is 31.9 Å². The molecule has 1 fully saturated rings. The van der Waals surface area contributed by atoms with Crippen molar-refractivity contribution in [1.82, 2.24) is 15.2 Å². The molecule has 15 heavy (non-hydrogen) atoms. The summed E-state index contributed by atoms with van der Waals surface area (Å²) in [6.45, 7) is 4.30. The van der Waals surface area contributed by atoms with E-state index < -0.39 is 0 Å². The lowest BCUT2D eigenvalue weighted by molar-refractivity contribution is 0.244. The van der Waals surface area contributed by atoms with Gasteiger partial charge in [-0.25, -0.2) is 0 Å². The van der Waals surface area contributed by atoms with Gasteiger partial charge >= 0.3 is 0 Å². The first-order chi connectivity index (χ1) is 7.34. The Kier molecular flexibility index (Phi) is 3.53. The number of anilines is 1. The Morgan fingerprint density at radius 3 is 3.07 bits per heavy atom. The predicted octanol–water partition coefficient (Wildman–Crippen LogP) is 0.397. The molecule has 0 radical (unpaired) electrons. The van der Waals surface area contributed by atoms with Gasteiger partial charge in [0.25, 0.3) is 0 Å². The third-order valence-corrected chi connectivity index (χ3v) is 2.69. The highest BCUT2D eigenvalue weighted by Crippen LogP contribution is 2.04. The maximum atomic E-state index is 3.99. The second-order valence-corrected chi connectivity index (χ2v) is 4.03. The second kappa shape index (κ2) is 5.09. The quantitative estimate of drug-likeness (QED) is 0.751. The molecule has 0 saturated carbocycles. The first kappa shape index (κ1) is 10.4. The number of hydrogen-bond acceptors (Lipinski definition) is 4. The van der Waals surface area contributed by atoms with E-state index in [1.807, 2.05) is 24.5 Å². The number of aromatic nitrogens is 1. The Hall–Kier alpha value is -1.13. The summed E-state index contributed by atoms with van der Waals surface area (Å²) in [4.78, 5) is 6.34. The Labute approximate surface area is 90.7 Å². The molecule has 2 rings (SSSR count). The molecule has 1 aromatic rings. The fourth-order valence-corrected chi connectivity index (χ4v) is 1.84. The van der Waals surface area contributed by atoms with E-state index in [1.165, 1.54) is 0 Å². The molecule has 1 atom stereocenters. The van der Waals surface area contributed by atoms with Gasteiger partial charge in [-0.2, -0.15) is 0 Å². The summed E-state index contributed by atoms with van der Waals surface area (Å²) >= 11 is 0. The molecular weight excluding hydrogens is 188 g/mol. The molecule has 0 bridgehead atoms. The van der Waals surface area contributed by atoms with Crippen molar-refractivity contribution in [3.63, 3.8) is 0 Å². The van der Waals surface area contributed by atoms with Crippen LogP contribution < -0.4 is 10.6 Å². The van der Waals surface area contributed by atoms with Crippen molar-refractivity contribution in [2.45, 2.75) is 6.04 Å². The van der Waals surface area contributed by atoms with Crippen LogP contribution in [0, 0.1) is 0 Å². The molecule has 0 amide bonds. The summed E-state index contributed by atoms with van der Waals surface area (Å²) in [7, 11) is 2.17. The number of pyridine rings is 1. The monoisotopic (exact) mass is 206 g/mol. The van der Waals surface area contributed by atoms with Crippen LogP contribution in [0.5, 0.6) is 0 Å². The van der Waals surface area contributed by atoms with Crippen molar-refractivity contribution in [2.24, 2.45) is 0 Å². The molecule has 1 saturated heterocycles. The minimum atomic E-state index is 0.539. The first-order valence-corrected chi connectivity index (χ1v) is 5.40. The SMILES string of the molecule is CN1CCNC(CNc2ccncc2)C1. The summed E-state index contributed by atoms with van der Waals surface area (Å²) in [6, 6.07) is 4.52. The summed E-state index contributed by atoms with van der Waals surface area (Å²) in [5.41, 5.74) is 1.14. The van der Waals surface area contributed by atoms with Crippen LogP contribution in [0.2, 0.25) is 0 Å². The van der Waals surface area contributed by atoms with Crippen molar-refractivity contribution in [3.05, 3.63) is 24.5 Å². The molecule has 0 aliphatic carbocycles. The minimum Gasteiger partial charge on any atom is -0.383 e. The van der Waals surface area contributed by atoms with Gasteiger partial charge < -0.3 is 15.5 Å². The van der Waals surface area contributed by atoms with Crippen LogP contribution in [0.3, 0.4) is 0 Å². The van der Waals surface area contributed by atoms with Gasteiger partial charge in [0.05, 0.1) is 0 Å². The van der Waals surface area contributed by atoms with E-state index in [0.29, 0.717) is 6.04 Å². The number of hydrogen-bond donors (Lipinski definition) is 2. The maximum absolute atomic E-state index is 3.99. The van der Waals surface area contributed by atoms with E-state index in [-0.39, 0.29) is 0 Å². The van der Waals surface area contributed by atoms with Crippen LogP contribution >= 0.6 is 0 Å². The van der Waals surface area contributed by atoms with Crippen molar-refractivity contribution in [3.8, 4) is 0 Å². The van der Waals surface area contributed by atoms with Gasteiger partial charge in [-0.15, -0.1) is 0 Å². The first-order valence-electron chi connectivity index (χ1n) is 5.40. The van der Waals surface area contributed by atoms with Gasteiger partial charge in [0.1, 0.15) is 0 Å². The van der Waals surface area contributed by atoms with Crippen molar-refractivity contribution < 1.29 is 0 Å². The van der Waals surface area contributed by atoms with Crippen LogP contribution in [0.25, 0.3) is 0 Å². The van der Waals surface area contributed by atoms with Crippen LogP contribution in [0.4, 0.5) is 5.69 Å². The number of likely N-dealkylation sites (N-methyl/N-ethyl adjacent to an activating group) is 1. The highest BCUT2D eigenvalue weighted by Gasteiger charge is 2.15. The Bertz CT molecular complexity index is 288.